The normalized spacial score (nSPS) is 14.4. The number of rotatable bonds is 5. The highest BCUT2D eigenvalue weighted by molar-refractivity contribution is 6.04. The Morgan fingerprint density at radius 3 is 2.30 bits per heavy atom. The van der Waals surface area contributed by atoms with Crippen molar-refractivity contribution in [3.05, 3.63) is 107 Å². The Kier molecular flexibility index (Phi) is 5.91. The Morgan fingerprint density at radius 1 is 0.848 bits per heavy atom. The fraction of sp³-hybridized carbons (Fsp3) is 0.185. The molecule has 1 aromatic heterocycles. The van der Waals surface area contributed by atoms with Gasteiger partial charge in [-0.3, -0.25) is 14.5 Å². The van der Waals surface area contributed by atoms with Crippen LogP contribution < -0.4 is 15.8 Å². The van der Waals surface area contributed by atoms with E-state index in [9.17, 15) is 9.59 Å². The van der Waals surface area contributed by atoms with Crippen LogP contribution in [0.25, 0.3) is 10.8 Å². The number of hydrogen-bond donors (Lipinski definition) is 2. The number of nitrogens with one attached hydrogen (secondary N) is 2. The minimum Gasteiger partial charge on any atom is -0.369 e. The third-order valence-electron chi connectivity index (χ3n) is 6.11. The van der Waals surface area contributed by atoms with E-state index in [0.29, 0.717) is 11.1 Å². The lowest BCUT2D eigenvalue weighted by Crippen LogP contribution is -2.45. The van der Waals surface area contributed by atoms with E-state index in [1.165, 1.54) is 5.56 Å². The third kappa shape index (κ3) is 4.81. The summed E-state index contributed by atoms with van der Waals surface area (Å²) in [4.78, 5) is 32.5. The van der Waals surface area contributed by atoms with E-state index in [1.54, 1.807) is 12.1 Å². The van der Waals surface area contributed by atoms with Gasteiger partial charge in [-0.25, -0.2) is 0 Å². The second-order valence-corrected chi connectivity index (χ2v) is 8.35. The summed E-state index contributed by atoms with van der Waals surface area (Å²) >= 11 is 0. The number of carbonyl (C=O) groups is 1. The number of nitrogens with zero attached hydrogens (tertiary/aromatic N) is 2. The van der Waals surface area contributed by atoms with Gasteiger partial charge in [-0.05, 0) is 47.3 Å². The second kappa shape index (κ2) is 9.30. The number of aromatic amines is 1. The van der Waals surface area contributed by atoms with Crippen LogP contribution in [-0.4, -0.2) is 42.0 Å². The molecule has 4 aromatic rings. The number of H-pyrrole nitrogens is 1. The van der Waals surface area contributed by atoms with Gasteiger partial charge in [0.25, 0.3) is 11.5 Å². The van der Waals surface area contributed by atoms with Gasteiger partial charge in [0.15, 0.2) is 0 Å². The molecule has 0 saturated carbocycles. The Labute approximate surface area is 192 Å². The molecule has 0 spiro atoms. The van der Waals surface area contributed by atoms with Gasteiger partial charge >= 0.3 is 0 Å². The van der Waals surface area contributed by atoms with E-state index >= 15 is 0 Å². The minimum atomic E-state index is -0.333. The number of aromatic nitrogens is 1. The minimum absolute atomic E-state index is 0.248. The fourth-order valence-electron chi connectivity index (χ4n) is 4.29. The number of piperazine rings is 1. The van der Waals surface area contributed by atoms with Gasteiger partial charge in [-0.1, -0.05) is 48.5 Å². The molecular weight excluding hydrogens is 412 g/mol. The highest BCUT2D eigenvalue weighted by atomic mass is 16.2. The molecule has 166 valence electrons. The summed E-state index contributed by atoms with van der Waals surface area (Å²) in [5.74, 6) is -0.333. The molecule has 0 atom stereocenters. The Balaban J connectivity index is 1.20. The highest BCUT2D eigenvalue weighted by Gasteiger charge is 2.17. The predicted octanol–water partition coefficient (Wildman–Crippen LogP) is 4.10. The monoisotopic (exact) mass is 438 g/mol. The first kappa shape index (κ1) is 21.0. The van der Waals surface area contributed by atoms with Crippen molar-refractivity contribution in [2.75, 3.05) is 36.4 Å². The number of anilines is 2. The number of hydrogen-bond acceptors (Lipinski definition) is 4. The Hall–Kier alpha value is -3.90. The molecule has 0 unspecified atom stereocenters. The summed E-state index contributed by atoms with van der Waals surface area (Å²) in [7, 11) is 0. The molecule has 0 bridgehead atoms. The number of carbonyl (C=O) groups excluding carboxylic acids is 1. The number of fused-ring (bicyclic) bond motifs is 1. The lowest BCUT2D eigenvalue weighted by atomic mass is 10.1. The lowest BCUT2D eigenvalue weighted by molar-refractivity contribution is 0.102. The number of amides is 1. The molecule has 1 saturated heterocycles. The standard InChI is InChI=1S/C27H26N4O2/c32-26-24-9-5-4-8-21(24)18-25(29-26)27(33)28-22-10-12-23(13-11-22)31-16-14-30(15-17-31)19-20-6-2-1-3-7-20/h1-13,18H,14-17,19H2,(H,28,33)(H,29,32). The summed E-state index contributed by atoms with van der Waals surface area (Å²) in [5, 5.41) is 4.19. The van der Waals surface area contributed by atoms with Gasteiger partial charge in [0.05, 0.1) is 0 Å². The summed E-state index contributed by atoms with van der Waals surface area (Å²) in [5.41, 5.74) is 3.17. The van der Waals surface area contributed by atoms with Gasteiger partial charge in [-0.2, -0.15) is 0 Å². The number of pyridine rings is 1. The van der Waals surface area contributed by atoms with Gasteiger partial charge in [0.1, 0.15) is 5.69 Å². The van der Waals surface area contributed by atoms with Crippen molar-refractivity contribution in [1.29, 1.82) is 0 Å². The van der Waals surface area contributed by atoms with Crippen molar-refractivity contribution in [2.45, 2.75) is 6.54 Å². The zero-order valence-corrected chi connectivity index (χ0v) is 18.3. The molecule has 0 radical (unpaired) electrons. The van der Waals surface area contributed by atoms with Crippen LogP contribution in [0.2, 0.25) is 0 Å². The Bertz CT molecular complexity index is 1310. The van der Waals surface area contributed by atoms with E-state index < -0.39 is 0 Å². The topological polar surface area (TPSA) is 68.4 Å². The van der Waals surface area contributed by atoms with Crippen LogP contribution in [-0.2, 0) is 6.54 Å². The van der Waals surface area contributed by atoms with Crippen molar-refractivity contribution in [1.82, 2.24) is 9.88 Å². The maximum atomic E-state index is 12.7. The zero-order chi connectivity index (χ0) is 22.6. The van der Waals surface area contributed by atoms with Crippen LogP contribution >= 0.6 is 0 Å². The van der Waals surface area contributed by atoms with Crippen LogP contribution in [0.15, 0.2) is 89.7 Å². The SMILES string of the molecule is O=C(Nc1ccc(N2CCN(Cc3ccccc3)CC2)cc1)c1cc2ccccc2c(=O)[nH]1. The van der Waals surface area contributed by atoms with Gasteiger partial charge in [0, 0.05) is 49.5 Å². The zero-order valence-electron chi connectivity index (χ0n) is 18.3. The summed E-state index contributed by atoms with van der Waals surface area (Å²) in [6, 6.07) is 27.4. The first-order valence-electron chi connectivity index (χ1n) is 11.2. The maximum absolute atomic E-state index is 12.7. The Morgan fingerprint density at radius 2 is 1.55 bits per heavy atom. The van der Waals surface area contributed by atoms with Gasteiger partial charge in [0.2, 0.25) is 0 Å². The van der Waals surface area contributed by atoms with Crippen LogP contribution in [0.1, 0.15) is 16.1 Å². The smallest absolute Gasteiger partial charge is 0.272 e. The molecule has 5 rings (SSSR count). The van der Waals surface area contributed by atoms with Crippen molar-refractivity contribution < 1.29 is 4.79 Å². The van der Waals surface area contributed by atoms with Crippen LogP contribution in [0, 0.1) is 0 Å². The van der Waals surface area contributed by atoms with Crippen LogP contribution in [0.3, 0.4) is 0 Å². The van der Waals surface area contributed by atoms with Crippen molar-refractivity contribution in [3.63, 3.8) is 0 Å². The van der Waals surface area contributed by atoms with Crippen molar-refractivity contribution in [2.24, 2.45) is 0 Å². The van der Waals surface area contributed by atoms with E-state index in [0.717, 1.165) is 43.8 Å². The maximum Gasteiger partial charge on any atom is 0.272 e. The quantitative estimate of drug-likeness (QED) is 0.492. The molecule has 3 aromatic carbocycles. The first-order chi connectivity index (χ1) is 16.2. The molecular formula is C27H26N4O2. The third-order valence-corrected chi connectivity index (χ3v) is 6.11. The first-order valence-corrected chi connectivity index (χ1v) is 11.2. The van der Waals surface area contributed by atoms with Gasteiger partial charge < -0.3 is 15.2 Å². The molecule has 1 aliphatic heterocycles. The largest absolute Gasteiger partial charge is 0.369 e. The molecule has 1 amide bonds. The average molecular weight is 439 g/mol. The van der Waals surface area contributed by atoms with Crippen LogP contribution in [0.4, 0.5) is 11.4 Å². The molecule has 1 aliphatic rings. The summed E-state index contributed by atoms with van der Waals surface area (Å²) in [6.07, 6.45) is 0. The van der Waals surface area contributed by atoms with Gasteiger partial charge in [-0.15, -0.1) is 0 Å². The number of benzene rings is 3. The van der Waals surface area contributed by atoms with E-state index in [1.807, 2.05) is 42.5 Å². The molecule has 2 heterocycles. The average Bonchev–Trinajstić information content (AvgIpc) is 2.86. The van der Waals surface area contributed by atoms with Crippen molar-refractivity contribution >= 4 is 28.1 Å². The van der Waals surface area contributed by atoms with E-state index in [-0.39, 0.29) is 17.2 Å². The molecule has 6 nitrogen and oxygen atoms in total. The van der Waals surface area contributed by atoms with Crippen LogP contribution in [0.5, 0.6) is 0 Å². The molecule has 6 heteroatoms. The highest BCUT2D eigenvalue weighted by Crippen LogP contribution is 2.21. The van der Waals surface area contributed by atoms with E-state index in [4.69, 9.17) is 0 Å². The predicted molar refractivity (Wildman–Crippen MR) is 133 cm³/mol. The molecule has 0 aliphatic carbocycles. The van der Waals surface area contributed by atoms with Crippen molar-refractivity contribution in [3.8, 4) is 0 Å². The molecule has 2 N–H and O–H groups in total. The fourth-order valence-corrected chi connectivity index (χ4v) is 4.29. The summed E-state index contributed by atoms with van der Waals surface area (Å²) < 4.78 is 0. The second-order valence-electron chi connectivity index (χ2n) is 8.35. The summed E-state index contributed by atoms with van der Waals surface area (Å²) in [6.45, 7) is 4.95. The molecule has 33 heavy (non-hydrogen) atoms. The molecule has 1 fully saturated rings. The van der Waals surface area contributed by atoms with E-state index in [2.05, 4.69) is 50.4 Å². The lowest BCUT2D eigenvalue weighted by Gasteiger charge is -2.36.